The number of aliphatic carboxylic acids is 1. The Morgan fingerprint density at radius 3 is 1.98 bits per heavy atom. The van der Waals surface area contributed by atoms with Gasteiger partial charge in [-0.3, -0.25) is 4.79 Å². The summed E-state index contributed by atoms with van der Waals surface area (Å²) in [5.74, 6) is -0.700. The second-order valence-corrected chi connectivity index (χ2v) is 20.8. The first kappa shape index (κ1) is 42.8. The van der Waals surface area contributed by atoms with Gasteiger partial charge in [-0.2, -0.15) is 0 Å². The SMILES string of the molecule is CC1(C)CC[C@]2(C(=O)O)[C@H](O)C[C@]3(C)C(=CCC4[C@@]5(C)CCC(O[C@@H]6O[C@H](CO)[C@@H](O)[C@H](O)[C@H]6O[C@@H]6O[C@H](CO)[C@@H](O)[C@H](O)[C@H]6O)C(C)(C)C5CC[C@]43C)[C@@H]2C1. The molecule has 320 valence electrons. The Bertz CT molecular complexity index is 1520. The molecule has 9 N–H and O–H groups in total. The number of hydrogen-bond acceptors (Lipinski definition) is 13. The third-order valence-corrected chi connectivity index (χ3v) is 17.3. The number of fused-ring (bicyclic) bond motifs is 7. The summed E-state index contributed by atoms with van der Waals surface area (Å²) < 4.78 is 24.4. The average molecular weight is 797 g/mol. The lowest BCUT2D eigenvalue weighted by atomic mass is 9.33. The molecule has 7 aliphatic rings. The van der Waals surface area contributed by atoms with Gasteiger partial charge in [-0.15, -0.1) is 0 Å². The highest BCUT2D eigenvalue weighted by molar-refractivity contribution is 5.77. The van der Waals surface area contributed by atoms with Crippen LogP contribution in [0.15, 0.2) is 11.6 Å². The van der Waals surface area contributed by atoms with Gasteiger partial charge in [0.05, 0.1) is 25.4 Å². The van der Waals surface area contributed by atoms with Crippen molar-refractivity contribution in [2.75, 3.05) is 13.2 Å². The molecule has 0 amide bonds. The molecule has 6 fully saturated rings. The second kappa shape index (κ2) is 14.4. The Labute approximate surface area is 330 Å². The Morgan fingerprint density at radius 1 is 0.732 bits per heavy atom. The monoisotopic (exact) mass is 796 g/mol. The van der Waals surface area contributed by atoms with Crippen LogP contribution in [0.4, 0.5) is 0 Å². The molecule has 0 radical (unpaired) electrons. The number of ether oxygens (including phenoxy) is 4. The number of aliphatic hydroxyl groups is 8. The van der Waals surface area contributed by atoms with Crippen LogP contribution in [0.2, 0.25) is 0 Å². The van der Waals surface area contributed by atoms with Gasteiger partial charge in [-0.25, -0.2) is 0 Å². The molecule has 2 aliphatic heterocycles. The molecule has 3 unspecified atom stereocenters. The first-order valence-electron chi connectivity index (χ1n) is 20.9. The molecule has 5 aliphatic carbocycles. The maximum Gasteiger partial charge on any atom is 0.312 e. The summed E-state index contributed by atoms with van der Waals surface area (Å²) in [7, 11) is 0. The molecule has 0 aromatic heterocycles. The van der Waals surface area contributed by atoms with E-state index in [2.05, 4.69) is 54.5 Å². The molecule has 7 rings (SSSR count). The molecule has 14 heteroatoms. The lowest BCUT2D eigenvalue weighted by molar-refractivity contribution is -0.378. The minimum atomic E-state index is -1.76. The molecule has 0 spiro atoms. The molecule has 19 atom stereocenters. The van der Waals surface area contributed by atoms with Crippen molar-refractivity contribution in [3.63, 3.8) is 0 Å². The minimum absolute atomic E-state index is 0.0293. The summed E-state index contributed by atoms with van der Waals surface area (Å²) in [6, 6.07) is 0. The lowest BCUT2D eigenvalue weighted by Gasteiger charge is -2.71. The number of hydrogen-bond donors (Lipinski definition) is 9. The summed E-state index contributed by atoms with van der Waals surface area (Å²) in [5, 5.41) is 96.1. The van der Waals surface area contributed by atoms with Crippen molar-refractivity contribution in [2.45, 2.75) is 180 Å². The zero-order valence-electron chi connectivity index (χ0n) is 34.1. The van der Waals surface area contributed by atoms with Gasteiger partial charge in [-0.05, 0) is 103 Å². The van der Waals surface area contributed by atoms with Gasteiger partial charge in [0.25, 0.3) is 0 Å². The van der Waals surface area contributed by atoms with Crippen LogP contribution in [-0.4, -0.2) is 139 Å². The second-order valence-electron chi connectivity index (χ2n) is 20.8. The molecule has 2 heterocycles. The number of carbonyl (C=O) groups is 1. The fourth-order valence-corrected chi connectivity index (χ4v) is 13.8. The number of aliphatic hydroxyl groups excluding tert-OH is 8. The Balaban J connectivity index is 1.16. The van der Waals surface area contributed by atoms with Crippen molar-refractivity contribution in [3.8, 4) is 0 Å². The van der Waals surface area contributed by atoms with Crippen LogP contribution in [0.1, 0.15) is 106 Å². The van der Waals surface area contributed by atoms with Crippen LogP contribution in [0.3, 0.4) is 0 Å². The minimum Gasteiger partial charge on any atom is -0.481 e. The lowest BCUT2D eigenvalue weighted by Crippen LogP contribution is -2.68. The standard InChI is InChI=1S/C42H68O14/c1-37(2)14-15-42(36(51)52)21(16-37)20-8-9-25-39(5)12-11-27(38(3,4)24(39)10-13-40(25,6)41(20,7)17-26(42)45)55-35-33(31(49)29(47)23(19-44)54-35)56-34-32(50)30(48)28(46)22(18-43)53-34/h8,21-35,43-50H,9-19H2,1-7H3,(H,51,52)/t21-,22+,23+,24?,25?,26+,27?,28+,29+,30-,31-,32+,33+,34-,35-,39-,40+,41+,42+/m0/s1. The zero-order valence-corrected chi connectivity index (χ0v) is 34.1. The highest BCUT2D eigenvalue weighted by Gasteiger charge is 2.71. The quantitative estimate of drug-likeness (QED) is 0.132. The zero-order chi connectivity index (χ0) is 41.1. The van der Waals surface area contributed by atoms with Crippen molar-refractivity contribution < 1.29 is 69.7 Å². The molecule has 0 aromatic rings. The van der Waals surface area contributed by atoms with Crippen molar-refractivity contribution >= 4 is 5.97 Å². The molecule has 0 aromatic carbocycles. The topological polar surface area (TPSA) is 236 Å². The summed E-state index contributed by atoms with van der Waals surface area (Å²) in [6.45, 7) is 14.5. The van der Waals surface area contributed by atoms with Gasteiger partial charge >= 0.3 is 5.97 Å². The van der Waals surface area contributed by atoms with Crippen LogP contribution in [0, 0.1) is 50.2 Å². The normalized spacial score (nSPS) is 53.8. The van der Waals surface area contributed by atoms with E-state index in [1.54, 1.807) is 0 Å². The Kier molecular flexibility index (Phi) is 11.0. The van der Waals surface area contributed by atoms with E-state index >= 15 is 0 Å². The number of carboxylic acids is 1. The van der Waals surface area contributed by atoms with Crippen LogP contribution in [-0.2, 0) is 23.7 Å². The summed E-state index contributed by atoms with van der Waals surface area (Å²) in [5.41, 5.74) is -1.17. The van der Waals surface area contributed by atoms with E-state index < -0.39 is 104 Å². The summed E-state index contributed by atoms with van der Waals surface area (Å²) in [6.07, 6.45) is -7.89. The maximum atomic E-state index is 13.1. The molecular formula is C42H68O14. The van der Waals surface area contributed by atoms with E-state index in [1.165, 1.54) is 5.57 Å². The predicted molar refractivity (Wildman–Crippen MR) is 199 cm³/mol. The highest BCUT2D eigenvalue weighted by Crippen LogP contribution is 2.76. The molecular weight excluding hydrogens is 728 g/mol. The predicted octanol–water partition coefficient (Wildman–Crippen LogP) is 1.85. The Hall–Kier alpha value is -1.27. The van der Waals surface area contributed by atoms with Gasteiger partial charge < -0.3 is 64.9 Å². The molecule has 56 heavy (non-hydrogen) atoms. The van der Waals surface area contributed by atoms with Crippen molar-refractivity contribution in [2.24, 2.45) is 50.2 Å². The fourth-order valence-electron chi connectivity index (χ4n) is 13.8. The van der Waals surface area contributed by atoms with Gasteiger partial charge in [0, 0.05) is 0 Å². The van der Waals surface area contributed by atoms with E-state index in [9.17, 15) is 50.8 Å². The first-order chi connectivity index (χ1) is 26.0. The van der Waals surface area contributed by atoms with E-state index in [-0.39, 0.29) is 39.4 Å². The summed E-state index contributed by atoms with van der Waals surface area (Å²) >= 11 is 0. The van der Waals surface area contributed by atoms with Crippen molar-refractivity contribution in [1.82, 2.24) is 0 Å². The Morgan fingerprint density at radius 2 is 1.36 bits per heavy atom. The molecule has 2 saturated heterocycles. The number of allylic oxidation sites excluding steroid dienone is 2. The van der Waals surface area contributed by atoms with Gasteiger partial charge in [0.2, 0.25) is 0 Å². The largest absolute Gasteiger partial charge is 0.481 e. The van der Waals surface area contributed by atoms with Crippen LogP contribution in [0.25, 0.3) is 0 Å². The molecule has 14 nitrogen and oxygen atoms in total. The fraction of sp³-hybridized carbons (Fsp3) is 0.929. The summed E-state index contributed by atoms with van der Waals surface area (Å²) in [4.78, 5) is 13.1. The van der Waals surface area contributed by atoms with Gasteiger partial charge in [0.15, 0.2) is 12.6 Å². The van der Waals surface area contributed by atoms with Crippen molar-refractivity contribution in [1.29, 1.82) is 0 Å². The molecule has 0 bridgehead atoms. The van der Waals surface area contributed by atoms with E-state index in [4.69, 9.17) is 18.9 Å². The smallest absolute Gasteiger partial charge is 0.312 e. The molecule has 4 saturated carbocycles. The maximum absolute atomic E-state index is 13.1. The van der Waals surface area contributed by atoms with E-state index in [0.29, 0.717) is 19.3 Å². The van der Waals surface area contributed by atoms with Gasteiger partial charge in [-0.1, -0.05) is 60.1 Å². The number of carboxylic acid groups (broad SMARTS) is 1. The third-order valence-electron chi connectivity index (χ3n) is 17.3. The van der Waals surface area contributed by atoms with Crippen LogP contribution >= 0.6 is 0 Å². The van der Waals surface area contributed by atoms with E-state index in [0.717, 1.165) is 38.5 Å². The third kappa shape index (κ3) is 6.13. The van der Waals surface area contributed by atoms with E-state index in [1.807, 2.05) is 0 Å². The average Bonchev–Trinajstić information content (AvgIpc) is 3.12. The van der Waals surface area contributed by atoms with Gasteiger partial charge in [0.1, 0.15) is 54.2 Å². The van der Waals surface area contributed by atoms with Crippen LogP contribution < -0.4 is 0 Å². The van der Waals surface area contributed by atoms with Crippen LogP contribution in [0.5, 0.6) is 0 Å². The highest BCUT2D eigenvalue weighted by atomic mass is 16.8. The van der Waals surface area contributed by atoms with Crippen molar-refractivity contribution in [3.05, 3.63) is 11.6 Å². The number of rotatable bonds is 7. The first-order valence-corrected chi connectivity index (χ1v) is 20.9.